The van der Waals surface area contributed by atoms with Gasteiger partial charge in [0.05, 0.1) is 5.75 Å². The van der Waals surface area contributed by atoms with E-state index in [1.54, 1.807) is 0 Å². The summed E-state index contributed by atoms with van der Waals surface area (Å²) >= 11 is 0. The summed E-state index contributed by atoms with van der Waals surface area (Å²) < 4.78 is 29.8. The van der Waals surface area contributed by atoms with Crippen molar-refractivity contribution in [3.63, 3.8) is 0 Å². The van der Waals surface area contributed by atoms with E-state index in [0.717, 1.165) is 32.1 Å². The molecule has 0 aromatic heterocycles. The maximum atomic E-state index is 11.6. The molecular weight excluding hydrogens is 380 g/mol. The number of hydrogen-bond acceptors (Lipinski definition) is 4. The standard InChI is InChI=1S/C20H40N2O5S/c21-19(23)15-14-17-22-20(24)16-12-10-8-6-4-2-1-3-5-7-9-11-13-18-28(25,26)27/h1-18H2,(H2,21,23)(H,22,24)(H,25,26,27). The van der Waals surface area contributed by atoms with Crippen molar-refractivity contribution in [2.45, 2.75) is 103 Å². The fourth-order valence-corrected chi connectivity index (χ4v) is 3.66. The first-order valence-corrected chi connectivity index (χ1v) is 12.4. The summed E-state index contributed by atoms with van der Waals surface area (Å²) in [6, 6.07) is 0. The molecule has 28 heavy (non-hydrogen) atoms. The number of nitrogens with one attached hydrogen (secondary N) is 1. The second-order valence-electron chi connectivity index (χ2n) is 7.55. The van der Waals surface area contributed by atoms with E-state index in [9.17, 15) is 18.0 Å². The minimum absolute atomic E-state index is 0.0578. The molecule has 0 heterocycles. The molecule has 0 unspecified atom stereocenters. The van der Waals surface area contributed by atoms with Gasteiger partial charge < -0.3 is 11.1 Å². The van der Waals surface area contributed by atoms with Crippen molar-refractivity contribution >= 4 is 21.9 Å². The molecule has 2 amide bonds. The monoisotopic (exact) mass is 420 g/mol. The van der Waals surface area contributed by atoms with Crippen LogP contribution in [0.5, 0.6) is 0 Å². The Bertz CT molecular complexity index is 509. The van der Waals surface area contributed by atoms with E-state index in [1.807, 2.05) is 0 Å². The average molecular weight is 421 g/mol. The molecule has 0 fully saturated rings. The average Bonchev–Trinajstić information content (AvgIpc) is 2.61. The van der Waals surface area contributed by atoms with Gasteiger partial charge in [-0.15, -0.1) is 0 Å². The number of rotatable bonds is 20. The fourth-order valence-electron chi connectivity index (χ4n) is 3.09. The highest BCUT2D eigenvalue weighted by atomic mass is 32.2. The highest BCUT2D eigenvalue weighted by Crippen LogP contribution is 2.13. The van der Waals surface area contributed by atoms with Crippen molar-refractivity contribution in [2.75, 3.05) is 12.3 Å². The third-order valence-corrected chi connectivity index (χ3v) is 5.53. The van der Waals surface area contributed by atoms with Crippen LogP contribution in [-0.4, -0.2) is 37.1 Å². The minimum atomic E-state index is -3.79. The van der Waals surface area contributed by atoms with Gasteiger partial charge in [-0.25, -0.2) is 0 Å². The van der Waals surface area contributed by atoms with Gasteiger partial charge in [0, 0.05) is 19.4 Å². The van der Waals surface area contributed by atoms with Crippen LogP contribution in [0.1, 0.15) is 103 Å². The highest BCUT2D eigenvalue weighted by molar-refractivity contribution is 7.85. The van der Waals surface area contributed by atoms with Crippen LogP contribution in [0.2, 0.25) is 0 Å². The zero-order valence-electron chi connectivity index (χ0n) is 17.3. The van der Waals surface area contributed by atoms with Crippen LogP contribution in [0.4, 0.5) is 0 Å². The molecule has 0 spiro atoms. The highest BCUT2D eigenvalue weighted by Gasteiger charge is 2.03. The van der Waals surface area contributed by atoms with E-state index in [-0.39, 0.29) is 17.6 Å². The van der Waals surface area contributed by atoms with Crippen molar-refractivity contribution in [1.29, 1.82) is 0 Å². The summed E-state index contributed by atoms with van der Waals surface area (Å²) in [5.74, 6) is -0.389. The zero-order chi connectivity index (χ0) is 21.1. The number of carbonyl (C=O) groups excluding carboxylic acids is 2. The first-order chi connectivity index (χ1) is 13.3. The van der Waals surface area contributed by atoms with E-state index in [1.165, 1.54) is 44.9 Å². The van der Waals surface area contributed by atoms with Gasteiger partial charge in [-0.2, -0.15) is 8.42 Å². The molecule has 0 atom stereocenters. The van der Waals surface area contributed by atoms with Gasteiger partial charge in [0.1, 0.15) is 0 Å². The molecule has 166 valence electrons. The molecule has 0 aliphatic rings. The van der Waals surface area contributed by atoms with Gasteiger partial charge in [-0.1, -0.05) is 70.6 Å². The van der Waals surface area contributed by atoms with Crippen molar-refractivity contribution in [3.05, 3.63) is 0 Å². The predicted octanol–water partition coefficient (Wildman–Crippen LogP) is 3.72. The number of nitrogens with two attached hydrogens (primary N) is 1. The third-order valence-electron chi connectivity index (χ3n) is 4.73. The lowest BCUT2D eigenvalue weighted by atomic mass is 10.0. The van der Waals surface area contributed by atoms with Crippen LogP contribution in [0, 0.1) is 0 Å². The molecule has 7 nitrogen and oxygen atoms in total. The number of unbranched alkanes of at least 4 members (excludes halogenated alkanes) is 12. The molecule has 8 heteroatoms. The van der Waals surface area contributed by atoms with Gasteiger partial charge in [0.2, 0.25) is 11.8 Å². The maximum Gasteiger partial charge on any atom is 0.264 e. The van der Waals surface area contributed by atoms with Gasteiger partial charge >= 0.3 is 0 Å². The number of carbonyl (C=O) groups is 2. The van der Waals surface area contributed by atoms with Crippen LogP contribution in [0.25, 0.3) is 0 Å². The third kappa shape index (κ3) is 22.9. The van der Waals surface area contributed by atoms with Crippen LogP contribution >= 0.6 is 0 Å². The van der Waals surface area contributed by atoms with E-state index in [2.05, 4.69) is 5.32 Å². The van der Waals surface area contributed by atoms with Crippen molar-refractivity contribution in [2.24, 2.45) is 5.73 Å². The van der Waals surface area contributed by atoms with Gasteiger partial charge in [0.25, 0.3) is 10.1 Å². The lowest BCUT2D eigenvalue weighted by Crippen LogP contribution is -2.25. The smallest absolute Gasteiger partial charge is 0.264 e. The van der Waals surface area contributed by atoms with E-state index < -0.39 is 10.1 Å². The maximum absolute atomic E-state index is 11.6. The van der Waals surface area contributed by atoms with Gasteiger partial charge in [-0.05, 0) is 19.3 Å². The second kappa shape index (κ2) is 17.9. The van der Waals surface area contributed by atoms with Gasteiger partial charge in [-0.3, -0.25) is 14.1 Å². The predicted molar refractivity (Wildman–Crippen MR) is 112 cm³/mol. The fraction of sp³-hybridized carbons (Fsp3) is 0.900. The lowest BCUT2D eigenvalue weighted by molar-refractivity contribution is -0.122. The molecule has 0 aromatic carbocycles. The first kappa shape index (κ1) is 26.9. The second-order valence-corrected chi connectivity index (χ2v) is 9.12. The number of amides is 2. The Kier molecular flexibility index (Phi) is 17.2. The van der Waals surface area contributed by atoms with E-state index in [0.29, 0.717) is 32.2 Å². The lowest BCUT2D eigenvalue weighted by Gasteiger charge is -2.05. The van der Waals surface area contributed by atoms with Crippen LogP contribution < -0.4 is 11.1 Å². The largest absolute Gasteiger partial charge is 0.370 e. The first-order valence-electron chi connectivity index (χ1n) is 10.8. The van der Waals surface area contributed by atoms with Gasteiger partial charge in [0.15, 0.2) is 0 Å². The van der Waals surface area contributed by atoms with Crippen LogP contribution in [-0.2, 0) is 19.7 Å². The summed E-state index contributed by atoms with van der Waals surface area (Å²) in [5, 5.41) is 2.81. The normalized spacial score (nSPS) is 11.5. The molecule has 4 N–H and O–H groups in total. The summed E-state index contributed by atoms with van der Waals surface area (Å²) in [5.41, 5.74) is 5.04. The molecule has 0 aliphatic carbocycles. The van der Waals surface area contributed by atoms with Crippen molar-refractivity contribution < 1.29 is 22.6 Å². The quantitative estimate of drug-likeness (QED) is 0.204. The summed E-state index contributed by atoms with van der Waals surface area (Å²) in [6.07, 6.45) is 15.6. The summed E-state index contributed by atoms with van der Waals surface area (Å²) in [7, 11) is -3.79. The van der Waals surface area contributed by atoms with E-state index in [4.69, 9.17) is 10.3 Å². The molecule has 0 aliphatic heterocycles. The molecular formula is C20H40N2O5S. The van der Waals surface area contributed by atoms with E-state index >= 15 is 0 Å². The Morgan fingerprint density at radius 2 is 1.11 bits per heavy atom. The summed E-state index contributed by atoms with van der Waals surface area (Å²) in [6.45, 7) is 0.520. The Labute approximate surface area is 171 Å². The minimum Gasteiger partial charge on any atom is -0.370 e. The molecule has 0 radical (unpaired) electrons. The topological polar surface area (TPSA) is 127 Å². The Hall–Kier alpha value is -1.15. The number of primary amides is 1. The molecule has 0 saturated carbocycles. The van der Waals surface area contributed by atoms with Crippen molar-refractivity contribution in [1.82, 2.24) is 5.32 Å². The van der Waals surface area contributed by atoms with Crippen LogP contribution in [0.15, 0.2) is 0 Å². The Balaban J connectivity index is 3.19. The Morgan fingerprint density at radius 1 is 0.679 bits per heavy atom. The molecule has 0 rings (SSSR count). The number of hydrogen-bond donors (Lipinski definition) is 3. The molecule has 0 aromatic rings. The molecule has 0 saturated heterocycles. The van der Waals surface area contributed by atoms with Crippen molar-refractivity contribution in [3.8, 4) is 0 Å². The Morgan fingerprint density at radius 3 is 1.54 bits per heavy atom. The zero-order valence-corrected chi connectivity index (χ0v) is 18.1. The summed E-state index contributed by atoms with van der Waals surface area (Å²) in [4.78, 5) is 22.2. The SMILES string of the molecule is NC(=O)CCCNC(=O)CCCCCCCCCCCCCCCS(=O)(=O)O. The van der Waals surface area contributed by atoms with Crippen LogP contribution in [0.3, 0.4) is 0 Å². The molecule has 0 bridgehead atoms.